The zero-order valence-electron chi connectivity index (χ0n) is 12.5. The van der Waals surface area contributed by atoms with Crippen molar-refractivity contribution in [3.63, 3.8) is 0 Å². The Hall–Kier alpha value is -2.27. The lowest BCUT2D eigenvalue weighted by Crippen LogP contribution is -2.16. The van der Waals surface area contributed by atoms with Crippen molar-refractivity contribution in [2.24, 2.45) is 5.73 Å². The molecule has 0 fully saturated rings. The van der Waals surface area contributed by atoms with Gasteiger partial charge in [0.1, 0.15) is 5.75 Å². The Morgan fingerprint density at radius 1 is 1.00 bits per heavy atom. The van der Waals surface area contributed by atoms with E-state index in [1.165, 1.54) is 0 Å². The Morgan fingerprint density at radius 3 is 2.38 bits per heavy atom. The molecule has 0 aliphatic carbocycles. The molecule has 1 aromatic carbocycles. The van der Waals surface area contributed by atoms with Crippen LogP contribution >= 0.6 is 0 Å². The lowest BCUT2D eigenvalue weighted by Gasteiger charge is -2.15. The molecular weight excluding hydrogens is 268 g/mol. The molecule has 5 nitrogen and oxygen atoms in total. The van der Waals surface area contributed by atoms with Crippen molar-refractivity contribution in [2.45, 2.75) is 12.5 Å². The number of ether oxygens (including phenoxy) is 3. The smallest absolute Gasteiger partial charge is 0.160 e. The molecule has 0 saturated carbocycles. The normalized spacial score (nSPS) is 11.8. The summed E-state index contributed by atoms with van der Waals surface area (Å²) in [5, 5.41) is 0. The number of hydrogen-bond donors (Lipinski definition) is 1. The van der Waals surface area contributed by atoms with E-state index in [0.717, 1.165) is 11.3 Å². The van der Waals surface area contributed by atoms with Crippen LogP contribution in [-0.2, 0) is 6.42 Å². The summed E-state index contributed by atoms with van der Waals surface area (Å²) >= 11 is 0. The van der Waals surface area contributed by atoms with Gasteiger partial charge >= 0.3 is 0 Å². The molecule has 0 amide bonds. The molecule has 112 valence electrons. The topological polar surface area (TPSA) is 66.6 Å². The highest BCUT2D eigenvalue weighted by molar-refractivity contribution is 5.43. The largest absolute Gasteiger partial charge is 0.495 e. The number of aromatic nitrogens is 1. The Bertz CT molecular complexity index is 602. The Labute approximate surface area is 124 Å². The van der Waals surface area contributed by atoms with E-state index in [-0.39, 0.29) is 6.04 Å². The SMILES string of the molecule is COc1ccc(CC(N)c2ncccc2OC)cc1OC. The third-order valence-corrected chi connectivity index (χ3v) is 3.27. The van der Waals surface area contributed by atoms with Crippen LogP contribution in [0.3, 0.4) is 0 Å². The van der Waals surface area contributed by atoms with E-state index in [1.54, 1.807) is 27.5 Å². The number of nitrogens with zero attached hydrogens (tertiary/aromatic N) is 1. The maximum absolute atomic E-state index is 6.25. The fourth-order valence-corrected chi connectivity index (χ4v) is 2.21. The molecule has 5 heteroatoms. The van der Waals surface area contributed by atoms with E-state index in [4.69, 9.17) is 19.9 Å². The molecule has 2 rings (SSSR count). The quantitative estimate of drug-likeness (QED) is 0.883. The van der Waals surface area contributed by atoms with Crippen LogP contribution in [0.25, 0.3) is 0 Å². The summed E-state index contributed by atoms with van der Waals surface area (Å²) in [4.78, 5) is 4.32. The first kappa shape index (κ1) is 15.1. The van der Waals surface area contributed by atoms with Crippen LogP contribution in [0, 0.1) is 0 Å². The first-order valence-corrected chi connectivity index (χ1v) is 6.65. The first-order valence-electron chi connectivity index (χ1n) is 6.65. The minimum absolute atomic E-state index is 0.251. The zero-order valence-corrected chi connectivity index (χ0v) is 12.5. The second-order valence-corrected chi connectivity index (χ2v) is 4.59. The molecule has 0 aliphatic rings. The second-order valence-electron chi connectivity index (χ2n) is 4.59. The van der Waals surface area contributed by atoms with Gasteiger partial charge in [-0.3, -0.25) is 4.98 Å². The van der Waals surface area contributed by atoms with Gasteiger partial charge < -0.3 is 19.9 Å². The minimum Gasteiger partial charge on any atom is -0.495 e. The van der Waals surface area contributed by atoms with Crippen LogP contribution in [0.4, 0.5) is 0 Å². The molecule has 0 aliphatic heterocycles. The fourth-order valence-electron chi connectivity index (χ4n) is 2.21. The highest BCUT2D eigenvalue weighted by Gasteiger charge is 2.15. The maximum Gasteiger partial charge on any atom is 0.160 e. The van der Waals surface area contributed by atoms with Crippen LogP contribution in [0.5, 0.6) is 17.2 Å². The van der Waals surface area contributed by atoms with Gasteiger partial charge in [-0.25, -0.2) is 0 Å². The van der Waals surface area contributed by atoms with Gasteiger partial charge in [-0.2, -0.15) is 0 Å². The predicted molar refractivity (Wildman–Crippen MR) is 81.0 cm³/mol. The summed E-state index contributed by atoms with van der Waals surface area (Å²) in [6.45, 7) is 0. The van der Waals surface area contributed by atoms with Crippen molar-refractivity contribution >= 4 is 0 Å². The molecular formula is C16H20N2O3. The maximum atomic E-state index is 6.25. The zero-order chi connectivity index (χ0) is 15.2. The van der Waals surface area contributed by atoms with Gasteiger partial charge in [-0.1, -0.05) is 6.07 Å². The lowest BCUT2D eigenvalue weighted by atomic mass is 10.0. The number of rotatable bonds is 6. The van der Waals surface area contributed by atoms with E-state index in [9.17, 15) is 0 Å². The second kappa shape index (κ2) is 6.95. The molecule has 2 aromatic rings. The van der Waals surface area contributed by atoms with E-state index in [2.05, 4.69) is 4.98 Å². The predicted octanol–water partition coefficient (Wildman–Crippen LogP) is 2.35. The van der Waals surface area contributed by atoms with Crippen LogP contribution in [-0.4, -0.2) is 26.3 Å². The van der Waals surface area contributed by atoms with Crippen molar-refractivity contribution < 1.29 is 14.2 Å². The summed E-state index contributed by atoms with van der Waals surface area (Å²) in [5.41, 5.74) is 8.05. The standard InChI is InChI=1S/C16H20N2O3/c1-19-13-7-6-11(10-15(13)21-3)9-12(17)16-14(20-2)5-4-8-18-16/h4-8,10,12H,9,17H2,1-3H3. The molecule has 0 radical (unpaired) electrons. The van der Waals surface area contributed by atoms with E-state index in [0.29, 0.717) is 23.7 Å². The molecule has 0 bridgehead atoms. The molecule has 0 saturated heterocycles. The van der Waals surface area contributed by atoms with Gasteiger partial charge in [0.2, 0.25) is 0 Å². The number of methoxy groups -OCH3 is 3. The summed E-state index contributed by atoms with van der Waals surface area (Å²) in [6.07, 6.45) is 2.35. The summed E-state index contributed by atoms with van der Waals surface area (Å²) < 4.78 is 15.8. The van der Waals surface area contributed by atoms with Crippen LogP contribution in [0.15, 0.2) is 36.5 Å². The average Bonchev–Trinajstić information content (AvgIpc) is 2.54. The number of hydrogen-bond acceptors (Lipinski definition) is 5. The molecule has 2 N–H and O–H groups in total. The Kier molecular flexibility index (Phi) is 5.00. The van der Waals surface area contributed by atoms with Crippen molar-refractivity contribution in [1.82, 2.24) is 4.98 Å². The van der Waals surface area contributed by atoms with Crippen molar-refractivity contribution in [3.8, 4) is 17.2 Å². The molecule has 1 heterocycles. The third kappa shape index (κ3) is 3.44. The van der Waals surface area contributed by atoms with Crippen LogP contribution < -0.4 is 19.9 Å². The van der Waals surface area contributed by atoms with Crippen LogP contribution in [0.2, 0.25) is 0 Å². The highest BCUT2D eigenvalue weighted by atomic mass is 16.5. The lowest BCUT2D eigenvalue weighted by molar-refractivity contribution is 0.354. The fraction of sp³-hybridized carbons (Fsp3) is 0.312. The van der Waals surface area contributed by atoms with Gasteiger partial charge in [0.25, 0.3) is 0 Å². The van der Waals surface area contributed by atoms with Crippen LogP contribution in [0.1, 0.15) is 17.3 Å². The summed E-state index contributed by atoms with van der Waals surface area (Å²) in [6, 6.07) is 9.20. The Balaban J connectivity index is 2.21. The number of benzene rings is 1. The molecule has 1 aromatic heterocycles. The van der Waals surface area contributed by atoms with Gasteiger partial charge in [-0.05, 0) is 36.2 Å². The highest BCUT2D eigenvalue weighted by Crippen LogP contribution is 2.30. The van der Waals surface area contributed by atoms with Crippen molar-refractivity contribution in [3.05, 3.63) is 47.8 Å². The monoisotopic (exact) mass is 288 g/mol. The van der Waals surface area contributed by atoms with Gasteiger partial charge in [0, 0.05) is 6.20 Å². The average molecular weight is 288 g/mol. The molecule has 1 unspecified atom stereocenters. The van der Waals surface area contributed by atoms with E-state index in [1.807, 2.05) is 30.3 Å². The van der Waals surface area contributed by atoms with Gasteiger partial charge in [-0.15, -0.1) is 0 Å². The third-order valence-electron chi connectivity index (χ3n) is 3.27. The minimum atomic E-state index is -0.251. The van der Waals surface area contributed by atoms with E-state index >= 15 is 0 Å². The summed E-state index contributed by atoms with van der Waals surface area (Å²) in [7, 11) is 4.84. The molecule has 1 atom stereocenters. The van der Waals surface area contributed by atoms with Gasteiger partial charge in [0.05, 0.1) is 33.1 Å². The first-order chi connectivity index (χ1) is 10.2. The Morgan fingerprint density at radius 2 is 1.71 bits per heavy atom. The van der Waals surface area contributed by atoms with E-state index < -0.39 is 0 Å². The van der Waals surface area contributed by atoms with Gasteiger partial charge in [0.15, 0.2) is 11.5 Å². The number of nitrogens with two attached hydrogens (primary N) is 1. The molecule has 21 heavy (non-hydrogen) atoms. The summed E-state index contributed by atoms with van der Waals surface area (Å²) in [5.74, 6) is 2.09. The van der Waals surface area contributed by atoms with Crippen molar-refractivity contribution in [2.75, 3.05) is 21.3 Å². The van der Waals surface area contributed by atoms with Crippen molar-refractivity contribution in [1.29, 1.82) is 0 Å². The molecule has 0 spiro atoms. The number of pyridine rings is 1.